The van der Waals surface area contributed by atoms with E-state index >= 15 is 0 Å². The van der Waals surface area contributed by atoms with Crippen molar-refractivity contribution in [3.63, 3.8) is 0 Å². The first-order chi connectivity index (χ1) is 13.8. The van der Waals surface area contributed by atoms with Gasteiger partial charge in [0, 0.05) is 29.0 Å². The van der Waals surface area contributed by atoms with Crippen molar-refractivity contribution in [2.75, 3.05) is 19.6 Å². The smallest absolute Gasteiger partial charge is 0.167 e. The summed E-state index contributed by atoms with van der Waals surface area (Å²) in [5.74, 6) is 0.348. The van der Waals surface area contributed by atoms with Crippen LogP contribution < -0.4 is 0 Å². The number of rotatable bonds is 8. The summed E-state index contributed by atoms with van der Waals surface area (Å²) in [4.78, 5) is 27.8. The molecule has 0 heterocycles. The average Bonchev–Trinajstić information content (AvgIpc) is 3.14. The molecule has 154 valence electrons. The molecule has 0 amide bonds. The topological polar surface area (TPSA) is 37.4 Å². The number of ketones is 2. The van der Waals surface area contributed by atoms with E-state index in [1.54, 1.807) is 0 Å². The molecule has 0 spiro atoms. The summed E-state index contributed by atoms with van der Waals surface area (Å²) >= 11 is 6.15. The van der Waals surface area contributed by atoms with Gasteiger partial charge in [0.25, 0.3) is 0 Å². The van der Waals surface area contributed by atoms with Crippen LogP contribution in [0.2, 0.25) is 5.02 Å². The van der Waals surface area contributed by atoms with Crippen LogP contribution in [0, 0.1) is 0 Å². The molecular formula is C25H30ClNO2. The Balaban J connectivity index is 1.79. The maximum atomic E-state index is 12.9. The Morgan fingerprint density at radius 1 is 1.17 bits per heavy atom. The van der Waals surface area contributed by atoms with Crippen LogP contribution in [0.5, 0.6) is 0 Å². The SMILES string of the molecule is CCN(CC)CCCC(=O)C1=C(C)CC(C=C2C(=O)Cc3ccc(Cl)cc32)=C1C. The van der Waals surface area contributed by atoms with Gasteiger partial charge >= 0.3 is 0 Å². The maximum Gasteiger partial charge on any atom is 0.167 e. The third-order valence-electron chi connectivity index (χ3n) is 6.12. The van der Waals surface area contributed by atoms with Crippen molar-refractivity contribution >= 4 is 28.7 Å². The van der Waals surface area contributed by atoms with E-state index in [1.165, 1.54) is 0 Å². The fraction of sp³-hybridized carbons (Fsp3) is 0.440. The molecule has 0 aliphatic heterocycles. The molecule has 0 saturated heterocycles. The first-order valence-corrected chi connectivity index (χ1v) is 10.9. The van der Waals surface area contributed by atoms with Gasteiger partial charge in [-0.15, -0.1) is 0 Å². The molecular weight excluding hydrogens is 382 g/mol. The largest absolute Gasteiger partial charge is 0.304 e. The number of Topliss-reactive ketones (excluding diaryl/α,β-unsaturated/α-hetero) is 2. The zero-order valence-corrected chi connectivity index (χ0v) is 18.7. The fourth-order valence-electron chi connectivity index (χ4n) is 4.43. The molecule has 3 rings (SSSR count). The highest BCUT2D eigenvalue weighted by atomic mass is 35.5. The van der Waals surface area contributed by atoms with E-state index in [0.717, 1.165) is 71.5 Å². The predicted octanol–water partition coefficient (Wildman–Crippen LogP) is 5.58. The van der Waals surface area contributed by atoms with Crippen LogP contribution in [0.15, 0.2) is 46.6 Å². The van der Waals surface area contributed by atoms with Crippen molar-refractivity contribution < 1.29 is 9.59 Å². The van der Waals surface area contributed by atoms with Crippen LogP contribution in [0.25, 0.3) is 5.57 Å². The molecule has 0 radical (unpaired) electrons. The minimum Gasteiger partial charge on any atom is -0.304 e. The predicted molar refractivity (Wildman–Crippen MR) is 120 cm³/mol. The zero-order chi connectivity index (χ0) is 21.1. The van der Waals surface area contributed by atoms with Crippen molar-refractivity contribution in [3.05, 3.63) is 62.7 Å². The monoisotopic (exact) mass is 411 g/mol. The van der Waals surface area contributed by atoms with Crippen molar-refractivity contribution in [2.24, 2.45) is 0 Å². The maximum absolute atomic E-state index is 12.9. The molecule has 0 saturated carbocycles. The number of hydrogen-bond donors (Lipinski definition) is 0. The first-order valence-electron chi connectivity index (χ1n) is 10.5. The number of halogens is 1. The molecule has 1 aromatic rings. The Hall–Kier alpha value is -1.97. The highest BCUT2D eigenvalue weighted by Crippen LogP contribution is 2.38. The van der Waals surface area contributed by atoms with Gasteiger partial charge < -0.3 is 4.90 Å². The van der Waals surface area contributed by atoms with Crippen molar-refractivity contribution in [1.82, 2.24) is 4.90 Å². The Kier molecular flexibility index (Phi) is 6.92. The number of nitrogens with zero attached hydrogens (tertiary/aromatic N) is 1. The van der Waals surface area contributed by atoms with Gasteiger partial charge in [0.15, 0.2) is 11.6 Å². The van der Waals surface area contributed by atoms with Crippen molar-refractivity contribution in [3.8, 4) is 0 Å². The first kappa shape index (κ1) is 21.7. The Morgan fingerprint density at radius 3 is 2.59 bits per heavy atom. The van der Waals surface area contributed by atoms with Gasteiger partial charge in [0.2, 0.25) is 0 Å². The van der Waals surface area contributed by atoms with Gasteiger partial charge in [0.05, 0.1) is 0 Å². The van der Waals surface area contributed by atoms with E-state index in [-0.39, 0.29) is 11.6 Å². The highest BCUT2D eigenvalue weighted by Gasteiger charge is 2.28. The molecule has 0 fully saturated rings. The summed E-state index contributed by atoms with van der Waals surface area (Å²) in [6.07, 6.45) is 4.59. The van der Waals surface area contributed by atoms with E-state index in [4.69, 9.17) is 11.6 Å². The summed E-state index contributed by atoms with van der Waals surface area (Å²) in [5.41, 5.74) is 6.75. The molecule has 0 bridgehead atoms. The Morgan fingerprint density at radius 2 is 1.90 bits per heavy atom. The van der Waals surface area contributed by atoms with Crippen LogP contribution in [0.3, 0.4) is 0 Å². The van der Waals surface area contributed by atoms with E-state index in [2.05, 4.69) is 18.7 Å². The molecule has 2 aliphatic rings. The van der Waals surface area contributed by atoms with Gasteiger partial charge in [-0.25, -0.2) is 0 Å². The summed E-state index contributed by atoms with van der Waals surface area (Å²) in [6.45, 7) is 11.3. The third-order valence-corrected chi connectivity index (χ3v) is 6.36. The lowest BCUT2D eigenvalue weighted by molar-refractivity contribution is -0.115. The van der Waals surface area contributed by atoms with Crippen LogP contribution in [-0.4, -0.2) is 36.1 Å². The molecule has 2 aliphatic carbocycles. The minimum atomic E-state index is 0.124. The highest BCUT2D eigenvalue weighted by molar-refractivity contribution is 6.32. The molecule has 0 aromatic heterocycles. The number of hydrogen-bond acceptors (Lipinski definition) is 3. The fourth-order valence-corrected chi connectivity index (χ4v) is 4.60. The number of benzene rings is 1. The molecule has 1 aromatic carbocycles. The van der Waals surface area contributed by atoms with Crippen molar-refractivity contribution in [2.45, 2.75) is 53.4 Å². The van der Waals surface area contributed by atoms with E-state index < -0.39 is 0 Å². The molecule has 0 unspecified atom stereocenters. The standard InChI is InChI=1S/C25H30ClNO2/c1-5-27(6-2)11-7-8-23(28)25-16(3)12-19(17(25)4)13-22-21-15-20(26)10-9-18(21)14-24(22)29/h9-10,13,15H,5-8,11-12,14H2,1-4H3. The summed E-state index contributed by atoms with van der Waals surface area (Å²) in [5, 5.41) is 0.639. The van der Waals surface area contributed by atoms with Gasteiger partial charge in [-0.05, 0) is 86.8 Å². The van der Waals surface area contributed by atoms with Gasteiger partial charge in [0.1, 0.15) is 0 Å². The lowest BCUT2D eigenvalue weighted by atomic mass is 9.98. The van der Waals surface area contributed by atoms with Crippen LogP contribution in [0.1, 0.15) is 58.1 Å². The number of fused-ring (bicyclic) bond motifs is 1. The van der Waals surface area contributed by atoms with E-state index in [9.17, 15) is 9.59 Å². The normalized spacial score (nSPS) is 17.9. The molecule has 0 N–H and O–H groups in total. The summed E-state index contributed by atoms with van der Waals surface area (Å²) < 4.78 is 0. The van der Waals surface area contributed by atoms with Crippen molar-refractivity contribution in [1.29, 1.82) is 0 Å². The average molecular weight is 412 g/mol. The lowest BCUT2D eigenvalue weighted by Crippen LogP contribution is -2.24. The Labute approximate surface area is 179 Å². The summed E-state index contributed by atoms with van der Waals surface area (Å²) in [6, 6.07) is 5.63. The molecule has 3 nitrogen and oxygen atoms in total. The van der Waals surface area contributed by atoms with Gasteiger partial charge in [-0.3, -0.25) is 9.59 Å². The quantitative estimate of drug-likeness (QED) is 0.524. The van der Waals surface area contributed by atoms with Crippen LogP contribution in [-0.2, 0) is 16.0 Å². The molecule has 29 heavy (non-hydrogen) atoms. The van der Waals surface area contributed by atoms with E-state index in [0.29, 0.717) is 17.9 Å². The second-order valence-corrected chi connectivity index (χ2v) is 8.43. The zero-order valence-electron chi connectivity index (χ0n) is 17.9. The number of allylic oxidation sites excluding steroid dienone is 6. The lowest BCUT2D eigenvalue weighted by Gasteiger charge is -2.17. The van der Waals surface area contributed by atoms with E-state index in [1.807, 2.05) is 38.1 Å². The number of carbonyl (C=O) groups excluding carboxylic acids is 2. The Bertz CT molecular complexity index is 932. The second kappa shape index (κ2) is 9.23. The van der Waals surface area contributed by atoms with Crippen LogP contribution >= 0.6 is 11.6 Å². The second-order valence-electron chi connectivity index (χ2n) is 8.00. The number of carbonyl (C=O) groups is 2. The minimum absolute atomic E-state index is 0.124. The molecule has 0 atom stereocenters. The molecule has 4 heteroatoms. The van der Waals surface area contributed by atoms with Crippen LogP contribution in [0.4, 0.5) is 0 Å². The van der Waals surface area contributed by atoms with Gasteiger partial charge in [-0.1, -0.05) is 37.1 Å². The summed E-state index contributed by atoms with van der Waals surface area (Å²) in [7, 11) is 0. The third kappa shape index (κ3) is 4.62. The van der Waals surface area contributed by atoms with Gasteiger partial charge in [-0.2, -0.15) is 0 Å².